The van der Waals surface area contributed by atoms with Crippen molar-refractivity contribution < 1.29 is 4.79 Å². The molecular formula is C15H20N2OS. The molecule has 0 aliphatic heterocycles. The van der Waals surface area contributed by atoms with Gasteiger partial charge in [0.1, 0.15) is 0 Å². The normalized spacial score (nSPS) is 15.8. The van der Waals surface area contributed by atoms with E-state index in [4.69, 9.17) is 12.2 Å². The molecule has 4 heteroatoms. The lowest BCUT2D eigenvalue weighted by Gasteiger charge is -2.23. The predicted molar refractivity (Wildman–Crippen MR) is 82.4 cm³/mol. The Bertz CT molecular complexity index is 467. The SMILES string of the molecule is Cc1ccccc1NC(=O)C(=S)NC1CCCCC1. The fraction of sp³-hybridized carbons (Fsp3) is 0.467. The molecular weight excluding hydrogens is 256 g/mol. The van der Waals surface area contributed by atoms with Crippen LogP contribution in [0.5, 0.6) is 0 Å². The van der Waals surface area contributed by atoms with Gasteiger partial charge in [0.2, 0.25) is 0 Å². The molecule has 0 aromatic heterocycles. The quantitative estimate of drug-likeness (QED) is 0.815. The molecule has 1 amide bonds. The molecule has 0 bridgehead atoms. The third-order valence-electron chi connectivity index (χ3n) is 3.54. The summed E-state index contributed by atoms with van der Waals surface area (Å²) in [7, 11) is 0. The molecule has 102 valence electrons. The zero-order chi connectivity index (χ0) is 13.7. The standard InChI is InChI=1S/C15H20N2OS/c1-11-7-5-6-10-13(11)17-14(18)15(19)16-12-8-3-2-4-9-12/h5-7,10,12H,2-4,8-9H2,1H3,(H,16,19)(H,17,18). The highest BCUT2D eigenvalue weighted by Crippen LogP contribution is 2.17. The second-order valence-corrected chi connectivity index (χ2v) is 5.49. The van der Waals surface area contributed by atoms with E-state index in [9.17, 15) is 4.79 Å². The van der Waals surface area contributed by atoms with E-state index in [0.29, 0.717) is 11.0 Å². The summed E-state index contributed by atoms with van der Waals surface area (Å²) in [6, 6.07) is 8.07. The van der Waals surface area contributed by atoms with E-state index in [1.807, 2.05) is 31.2 Å². The van der Waals surface area contributed by atoms with Gasteiger partial charge in [-0.25, -0.2) is 0 Å². The number of para-hydroxylation sites is 1. The number of thiocarbonyl (C=S) groups is 1. The van der Waals surface area contributed by atoms with Gasteiger partial charge in [0.25, 0.3) is 5.91 Å². The molecule has 0 radical (unpaired) electrons. The van der Waals surface area contributed by atoms with Crippen LogP contribution in [-0.4, -0.2) is 16.9 Å². The first kappa shape index (κ1) is 14.0. The minimum absolute atomic E-state index is 0.213. The van der Waals surface area contributed by atoms with Crippen molar-refractivity contribution in [3.05, 3.63) is 29.8 Å². The van der Waals surface area contributed by atoms with Crippen LogP contribution in [0.1, 0.15) is 37.7 Å². The zero-order valence-electron chi connectivity index (χ0n) is 11.2. The zero-order valence-corrected chi connectivity index (χ0v) is 12.1. The van der Waals surface area contributed by atoms with Crippen molar-refractivity contribution in [2.75, 3.05) is 5.32 Å². The van der Waals surface area contributed by atoms with Crippen LogP contribution in [0.4, 0.5) is 5.69 Å². The van der Waals surface area contributed by atoms with Gasteiger partial charge in [0.15, 0.2) is 4.99 Å². The first-order valence-corrected chi connectivity index (χ1v) is 7.25. The van der Waals surface area contributed by atoms with Crippen LogP contribution in [0.3, 0.4) is 0 Å². The molecule has 2 rings (SSSR count). The Balaban J connectivity index is 1.89. The van der Waals surface area contributed by atoms with Crippen molar-refractivity contribution in [2.24, 2.45) is 0 Å². The molecule has 0 heterocycles. The van der Waals surface area contributed by atoms with Crippen molar-refractivity contribution in [2.45, 2.75) is 45.1 Å². The van der Waals surface area contributed by atoms with Gasteiger partial charge in [0, 0.05) is 11.7 Å². The van der Waals surface area contributed by atoms with Crippen LogP contribution in [0.25, 0.3) is 0 Å². The van der Waals surface area contributed by atoms with E-state index in [1.165, 1.54) is 19.3 Å². The van der Waals surface area contributed by atoms with E-state index >= 15 is 0 Å². The van der Waals surface area contributed by atoms with Gasteiger partial charge >= 0.3 is 0 Å². The molecule has 1 aliphatic carbocycles. The molecule has 1 saturated carbocycles. The fourth-order valence-corrected chi connectivity index (χ4v) is 2.61. The number of hydrogen-bond acceptors (Lipinski definition) is 2. The van der Waals surface area contributed by atoms with E-state index in [0.717, 1.165) is 24.1 Å². The maximum Gasteiger partial charge on any atom is 0.283 e. The summed E-state index contributed by atoms with van der Waals surface area (Å²) >= 11 is 5.18. The maximum atomic E-state index is 12.0. The first-order chi connectivity index (χ1) is 9.16. The highest BCUT2D eigenvalue weighted by Gasteiger charge is 2.17. The third kappa shape index (κ3) is 4.03. The summed E-state index contributed by atoms with van der Waals surface area (Å²) in [5, 5.41) is 6.03. The third-order valence-corrected chi connectivity index (χ3v) is 3.84. The van der Waals surface area contributed by atoms with Gasteiger partial charge in [-0.2, -0.15) is 0 Å². The summed E-state index contributed by atoms with van der Waals surface area (Å²) in [4.78, 5) is 12.3. The Morgan fingerprint density at radius 1 is 1.21 bits per heavy atom. The number of benzene rings is 1. The van der Waals surface area contributed by atoms with Gasteiger partial charge < -0.3 is 10.6 Å². The molecule has 0 saturated heterocycles. The average molecular weight is 276 g/mol. The molecule has 0 atom stereocenters. The van der Waals surface area contributed by atoms with Crippen molar-refractivity contribution in [1.82, 2.24) is 5.32 Å². The van der Waals surface area contributed by atoms with E-state index in [1.54, 1.807) is 0 Å². The first-order valence-electron chi connectivity index (χ1n) is 6.84. The summed E-state index contributed by atoms with van der Waals surface area (Å²) in [5.41, 5.74) is 1.86. The lowest BCUT2D eigenvalue weighted by Crippen LogP contribution is -2.41. The Kier molecular flexibility index (Phi) is 4.91. The molecule has 3 nitrogen and oxygen atoms in total. The fourth-order valence-electron chi connectivity index (χ4n) is 2.39. The monoisotopic (exact) mass is 276 g/mol. The molecule has 1 aliphatic rings. The van der Waals surface area contributed by atoms with Crippen LogP contribution >= 0.6 is 12.2 Å². The number of aryl methyl sites for hydroxylation is 1. The van der Waals surface area contributed by atoms with Crippen molar-refractivity contribution in [3.8, 4) is 0 Å². The Hall–Kier alpha value is -1.42. The molecule has 19 heavy (non-hydrogen) atoms. The van der Waals surface area contributed by atoms with Crippen LogP contribution < -0.4 is 10.6 Å². The molecule has 1 aromatic carbocycles. The van der Waals surface area contributed by atoms with Crippen molar-refractivity contribution in [1.29, 1.82) is 0 Å². The second kappa shape index (κ2) is 6.66. The average Bonchev–Trinajstić information content (AvgIpc) is 2.42. The topological polar surface area (TPSA) is 41.1 Å². The van der Waals surface area contributed by atoms with E-state index < -0.39 is 0 Å². The molecule has 0 spiro atoms. The van der Waals surface area contributed by atoms with Gasteiger partial charge in [-0.05, 0) is 31.4 Å². The Labute approximate surface area is 119 Å². The smallest absolute Gasteiger partial charge is 0.283 e. The summed E-state index contributed by atoms with van der Waals surface area (Å²) in [5.74, 6) is -0.213. The number of nitrogens with one attached hydrogen (secondary N) is 2. The highest BCUT2D eigenvalue weighted by atomic mass is 32.1. The van der Waals surface area contributed by atoms with Crippen molar-refractivity contribution >= 4 is 28.8 Å². The predicted octanol–water partition coefficient (Wildman–Crippen LogP) is 3.18. The number of carbonyl (C=O) groups is 1. The van der Waals surface area contributed by atoms with Crippen LogP contribution in [-0.2, 0) is 4.79 Å². The maximum absolute atomic E-state index is 12.0. The van der Waals surface area contributed by atoms with Gasteiger partial charge in [-0.1, -0.05) is 49.7 Å². The summed E-state index contributed by atoms with van der Waals surface area (Å²) < 4.78 is 0. The molecule has 1 fully saturated rings. The number of anilines is 1. The van der Waals surface area contributed by atoms with E-state index in [-0.39, 0.29) is 5.91 Å². The minimum atomic E-state index is -0.213. The molecule has 1 aromatic rings. The van der Waals surface area contributed by atoms with Crippen LogP contribution in [0.2, 0.25) is 0 Å². The second-order valence-electron chi connectivity index (χ2n) is 5.08. The van der Waals surface area contributed by atoms with Crippen LogP contribution in [0.15, 0.2) is 24.3 Å². The number of hydrogen-bond donors (Lipinski definition) is 2. The highest BCUT2D eigenvalue weighted by molar-refractivity contribution is 7.82. The Morgan fingerprint density at radius 2 is 1.89 bits per heavy atom. The number of amides is 1. The van der Waals surface area contributed by atoms with E-state index in [2.05, 4.69) is 10.6 Å². The minimum Gasteiger partial charge on any atom is -0.369 e. The number of rotatable bonds is 2. The molecule has 2 N–H and O–H groups in total. The van der Waals surface area contributed by atoms with Gasteiger partial charge in [0.05, 0.1) is 0 Å². The summed E-state index contributed by atoms with van der Waals surface area (Å²) in [6.07, 6.45) is 5.95. The molecule has 0 unspecified atom stereocenters. The van der Waals surface area contributed by atoms with Gasteiger partial charge in [-0.15, -0.1) is 0 Å². The summed E-state index contributed by atoms with van der Waals surface area (Å²) in [6.45, 7) is 1.97. The lowest BCUT2D eigenvalue weighted by molar-refractivity contribution is -0.110. The lowest BCUT2D eigenvalue weighted by atomic mass is 9.95. The Morgan fingerprint density at radius 3 is 2.58 bits per heavy atom. The largest absolute Gasteiger partial charge is 0.369 e. The number of carbonyl (C=O) groups excluding carboxylic acids is 1. The van der Waals surface area contributed by atoms with Crippen molar-refractivity contribution in [3.63, 3.8) is 0 Å². The van der Waals surface area contributed by atoms with Gasteiger partial charge in [-0.3, -0.25) is 4.79 Å². The van der Waals surface area contributed by atoms with Crippen LogP contribution in [0, 0.1) is 6.92 Å².